The molecule has 7 nitrogen and oxygen atoms in total. The average molecular weight is 360 g/mol. The molecule has 2 aliphatic heterocycles. The van der Waals surface area contributed by atoms with E-state index in [1.165, 1.54) is 0 Å². The molecule has 3 rings (SSSR count). The first-order valence-corrected chi connectivity index (χ1v) is 9.50. The molecular weight excluding hydrogens is 331 g/mol. The Hall–Kier alpha value is -1.61. The summed E-state index contributed by atoms with van der Waals surface area (Å²) in [6.45, 7) is 10.9. The fraction of sp³-hybridized carbons (Fsp3) is 0.611. The Bertz CT molecular complexity index is 583. The highest BCUT2D eigenvalue weighted by molar-refractivity contribution is 6.58. The summed E-state index contributed by atoms with van der Waals surface area (Å²) >= 11 is 0. The number of hydrogen-bond acceptors (Lipinski definition) is 5. The Kier molecular flexibility index (Phi) is 6.53. The van der Waals surface area contributed by atoms with Crippen LogP contribution in [0.5, 0.6) is 0 Å². The smallest absolute Gasteiger partial charge is 0.423 e. The molecule has 0 spiro atoms. The van der Waals surface area contributed by atoms with Gasteiger partial charge in [-0.2, -0.15) is 0 Å². The molecule has 1 aromatic rings. The van der Waals surface area contributed by atoms with Crippen molar-refractivity contribution in [2.45, 2.75) is 13.5 Å². The van der Waals surface area contributed by atoms with Crippen molar-refractivity contribution < 1.29 is 14.8 Å². The van der Waals surface area contributed by atoms with Crippen molar-refractivity contribution in [2.24, 2.45) is 0 Å². The van der Waals surface area contributed by atoms with Crippen LogP contribution in [0.1, 0.15) is 12.5 Å². The van der Waals surface area contributed by atoms with E-state index in [9.17, 15) is 4.79 Å². The van der Waals surface area contributed by atoms with Crippen molar-refractivity contribution in [2.75, 3.05) is 58.9 Å². The Morgan fingerprint density at radius 1 is 0.885 bits per heavy atom. The van der Waals surface area contributed by atoms with Gasteiger partial charge in [0.05, 0.1) is 0 Å². The number of benzene rings is 1. The molecule has 0 bridgehead atoms. The van der Waals surface area contributed by atoms with Crippen molar-refractivity contribution in [1.82, 2.24) is 19.6 Å². The van der Waals surface area contributed by atoms with E-state index in [1.807, 2.05) is 21.9 Å². The molecule has 142 valence electrons. The maximum Gasteiger partial charge on any atom is 0.488 e. The van der Waals surface area contributed by atoms with Crippen molar-refractivity contribution in [3.63, 3.8) is 0 Å². The lowest BCUT2D eigenvalue weighted by Crippen LogP contribution is -2.56. The van der Waals surface area contributed by atoms with E-state index in [-0.39, 0.29) is 6.03 Å². The molecule has 26 heavy (non-hydrogen) atoms. The predicted octanol–water partition coefficient (Wildman–Crippen LogP) is -0.758. The van der Waals surface area contributed by atoms with Crippen LogP contribution < -0.4 is 5.46 Å². The van der Waals surface area contributed by atoms with Gasteiger partial charge in [0, 0.05) is 58.9 Å². The van der Waals surface area contributed by atoms with Gasteiger partial charge in [-0.05, 0) is 17.6 Å². The van der Waals surface area contributed by atoms with Crippen LogP contribution in [0.3, 0.4) is 0 Å². The van der Waals surface area contributed by atoms with Crippen molar-refractivity contribution >= 4 is 18.6 Å². The minimum absolute atomic E-state index is 0.182. The minimum Gasteiger partial charge on any atom is -0.423 e. The third-order valence-electron chi connectivity index (χ3n) is 5.42. The predicted molar refractivity (Wildman–Crippen MR) is 102 cm³/mol. The third-order valence-corrected chi connectivity index (χ3v) is 5.42. The van der Waals surface area contributed by atoms with Crippen LogP contribution in [0.15, 0.2) is 24.3 Å². The standard InChI is InChI=1S/C18H29BN4O3/c1-2-20-7-11-22(12-8-20)18(24)23-13-9-21(10-14-23)15-16-3-5-17(6-4-16)19(25)26/h3-6,25-26H,2,7-15H2,1H3. The van der Waals surface area contributed by atoms with Gasteiger partial charge in [-0.1, -0.05) is 31.2 Å². The first kappa shape index (κ1) is 19.2. The zero-order chi connectivity index (χ0) is 18.5. The van der Waals surface area contributed by atoms with Gasteiger partial charge < -0.3 is 24.7 Å². The maximum atomic E-state index is 12.7. The summed E-state index contributed by atoms with van der Waals surface area (Å²) in [7, 11) is -1.42. The van der Waals surface area contributed by atoms with E-state index in [1.54, 1.807) is 12.1 Å². The summed E-state index contributed by atoms with van der Waals surface area (Å²) in [4.78, 5) is 21.4. The van der Waals surface area contributed by atoms with E-state index in [4.69, 9.17) is 10.0 Å². The summed E-state index contributed by atoms with van der Waals surface area (Å²) in [6.07, 6.45) is 0. The van der Waals surface area contributed by atoms with E-state index < -0.39 is 7.12 Å². The van der Waals surface area contributed by atoms with E-state index >= 15 is 0 Å². The maximum absolute atomic E-state index is 12.7. The Morgan fingerprint density at radius 3 is 1.85 bits per heavy atom. The van der Waals surface area contributed by atoms with Crippen molar-refractivity contribution in [1.29, 1.82) is 0 Å². The van der Waals surface area contributed by atoms with Crippen LogP contribution in [-0.2, 0) is 6.54 Å². The highest BCUT2D eigenvalue weighted by Gasteiger charge is 2.27. The monoisotopic (exact) mass is 360 g/mol. The van der Waals surface area contributed by atoms with Gasteiger partial charge >= 0.3 is 13.1 Å². The number of likely N-dealkylation sites (N-methyl/N-ethyl adjacent to an activating group) is 1. The summed E-state index contributed by atoms with van der Waals surface area (Å²) in [6, 6.07) is 7.53. The van der Waals surface area contributed by atoms with Crippen LogP contribution in [-0.4, -0.2) is 102 Å². The molecular formula is C18H29BN4O3. The molecule has 0 aromatic heterocycles. The van der Waals surface area contributed by atoms with Crippen molar-refractivity contribution in [3.05, 3.63) is 29.8 Å². The highest BCUT2D eigenvalue weighted by atomic mass is 16.4. The summed E-state index contributed by atoms with van der Waals surface area (Å²) in [5, 5.41) is 18.3. The molecule has 2 N–H and O–H groups in total. The molecule has 0 aliphatic carbocycles. The van der Waals surface area contributed by atoms with Gasteiger partial charge in [0.1, 0.15) is 0 Å². The number of carbonyl (C=O) groups is 1. The van der Waals surface area contributed by atoms with E-state index in [0.29, 0.717) is 5.46 Å². The molecule has 2 aliphatic rings. The molecule has 0 radical (unpaired) electrons. The normalized spacial score (nSPS) is 19.7. The van der Waals surface area contributed by atoms with Gasteiger partial charge in [0.2, 0.25) is 0 Å². The fourth-order valence-electron chi connectivity index (χ4n) is 3.61. The molecule has 0 saturated carbocycles. The Labute approximate surface area is 155 Å². The van der Waals surface area contributed by atoms with Crippen LogP contribution >= 0.6 is 0 Å². The third kappa shape index (κ3) is 4.76. The minimum atomic E-state index is -1.42. The lowest BCUT2D eigenvalue weighted by molar-refractivity contribution is 0.0898. The molecule has 2 saturated heterocycles. The number of amides is 2. The molecule has 8 heteroatoms. The second-order valence-electron chi connectivity index (χ2n) is 7.08. The SMILES string of the molecule is CCN1CCN(C(=O)N2CCN(Cc3ccc(B(O)O)cc3)CC2)CC1. The van der Waals surface area contributed by atoms with Gasteiger partial charge in [-0.15, -0.1) is 0 Å². The number of piperazine rings is 2. The van der Waals surface area contributed by atoms with Crippen LogP contribution in [0.4, 0.5) is 4.79 Å². The molecule has 0 atom stereocenters. The van der Waals surface area contributed by atoms with Gasteiger partial charge in [0.15, 0.2) is 0 Å². The van der Waals surface area contributed by atoms with Crippen molar-refractivity contribution in [3.8, 4) is 0 Å². The number of rotatable bonds is 4. The number of carbonyl (C=O) groups excluding carboxylic acids is 1. The summed E-state index contributed by atoms with van der Waals surface area (Å²) in [5.74, 6) is 0. The first-order chi connectivity index (χ1) is 12.6. The van der Waals surface area contributed by atoms with Crippen LogP contribution in [0.2, 0.25) is 0 Å². The van der Waals surface area contributed by atoms with Gasteiger partial charge in [-0.25, -0.2) is 4.79 Å². The number of nitrogens with zero attached hydrogens (tertiary/aromatic N) is 4. The molecule has 0 unspecified atom stereocenters. The van der Waals surface area contributed by atoms with Gasteiger partial charge in [0.25, 0.3) is 0 Å². The molecule has 2 amide bonds. The fourth-order valence-corrected chi connectivity index (χ4v) is 3.61. The van der Waals surface area contributed by atoms with E-state index in [0.717, 1.165) is 71.0 Å². The zero-order valence-corrected chi connectivity index (χ0v) is 15.5. The van der Waals surface area contributed by atoms with Crippen LogP contribution in [0, 0.1) is 0 Å². The highest BCUT2D eigenvalue weighted by Crippen LogP contribution is 2.11. The van der Waals surface area contributed by atoms with Crippen LogP contribution in [0.25, 0.3) is 0 Å². The second-order valence-corrected chi connectivity index (χ2v) is 7.08. The lowest BCUT2D eigenvalue weighted by Gasteiger charge is -2.40. The Morgan fingerprint density at radius 2 is 1.38 bits per heavy atom. The number of urea groups is 1. The zero-order valence-electron chi connectivity index (χ0n) is 15.5. The second kappa shape index (κ2) is 8.86. The lowest BCUT2D eigenvalue weighted by atomic mass is 9.80. The molecule has 2 heterocycles. The summed E-state index contributed by atoms with van der Waals surface area (Å²) < 4.78 is 0. The summed E-state index contributed by atoms with van der Waals surface area (Å²) in [5.41, 5.74) is 1.65. The largest absolute Gasteiger partial charge is 0.488 e. The quantitative estimate of drug-likeness (QED) is 0.691. The molecule has 1 aromatic carbocycles. The average Bonchev–Trinajstić information content (AvgIpc) is 2.68. The van der Waals surface area contributed by atoms with Gasteiger partial charge in [-0.3, -0.25) is 4.90 Å². The van der Waals surface area contributed by atoms with E-state index in [2.05, 4.69) is 16.7 Å². The number of hydrogen-bond donors (Lipinski definition) is 2. The molecule has 2 fully saturated rings. The Balaban J connectivity index is 1.44. The topological polar surface area (TPSA) is 70.5 Å². The first-order valence-electron chi connectivity index (χ1n) is 9.50.